The molecule has 0 aliphatic carbocycles. The number of hydrogen-bond acceptors (Lipinski definition) is 2. The fraction of sp³-hybridized carbons (Fsp3) is 1.00. The maximum Gasteiger partial charge on any atom is 0.0589 e. The average molecular weight is 185 g/mol. The van der Waals surface area contributed by atoms with Crippen LogP contribution in [0.5, 0.6) is 0 Å². The van der Waals surface area contributed by atoms with E-state index in [2.05, 4.69) is 11.8 Å². The zero-order valence-electron chi connectivity index (χ0n) is 9.09. The van der Waals surface area contributed by atoms with Crippen molar-refractivity contribution in [2.24, 2.45) is 5.92 Å². The Morgan fingerprint density at radius 1 is 1.23 bits per heavy atom. The first-order valence-electron chi connectivity index (χ1n) is 5.54. The van der Waals surface area contributed by atoms with Gasteiger partial charge < -0.3 is 9.64 Å². The first-order chi connectivity index (χ1) is 6.33. The van der Waals surface area contributed by atoms with Gasteiger partial charge >= 0.3 is 0 Å². The van der Waals surface area contributed by atoms with E-state index >= 15 is 0 Å². The second-order valence-corrected chi connectivity index (χ2v) is 4.22. The van der Waals surface area contributed by atoms with Crippen LogP contribution in [-0.2, 0) is 4.74 Å². The maximum absolute atomic E-state index is 5.10. The molecule has 0 spiro atoms. The fourth-order valence-corrected chi connectivity index (χ4v) is 2.03. The van der Waals surface area contributed by atoms with Gasteiger partial charge in [-0.1, -0.05) is 6.92 Å². The van der Waals surface area contributed by atoms with Gasteiger partial charge in [-0.2, -0.15) is 0 Å². The molecule has 0 aromatic rings. The lowest BCUT2D eigenvalue weighted by Crippen LogP contribution is -2.31. The topological polar surface area (TPSA) is 12.5 Å². The van der Waals surface area contributed by atoms with E-state index in [1.165, 1.54) is 38.8 Å². The lowest BCUT2D eigenvalue weighted by Gasteiger charge is -2.26. The summed E-state index contributed by atoms with van der Waals surface area (Å²) in [6, 6.07) is 0. The highest BCUT2D eigenvalue weighted by Crippen LogP contribution is 2.16. The van der Waals surface area contributed by atoms with E-state index in [0.717, 1.165) is 19.1 Å². The van der Waals surface area contributed by atoms with Crippen LogP contribution in [-0.4, -0.2) is 38.3 Å². The maximum atomic E-state index is 5.10. The third kappa shape index (κ3) is 4.63. The van der Waals surface area contributed by atoms with E-state index in [4.69, 9.17) is 4.74 Å². The van der Waals surface area contributed by atoms with Crippen molar-refractivity contribution in [3.05, 3.63) is 0 Å². The molecule has 2 heteroatoms. The molecule has 1 fully saturated rings. The summed E-state index contributed by atoms with van der Waals surface area (Å²) in [6.07, 6.45) is 5.54. The van der Waals surface area contributed by atoms with Crippen LogP contribution < -0.4 is 0 Å². The van der Waals surface area contributed by atoms with Gasteiger partial charge in [-0.15, -0.1) is 0 Å². The molecule has 13 heavy (non-hydrogen) atoms. The second-order valence-electron chi connectivity index (χ2n) is 4.22. The number of likely N-dealkylation sites (tertiary alicyclic amines) is 1. The summed E-state index contributed by atoms with van der Waals surface area (Å²) in [5, 5.41) is 0. The molecule has 0 bridgehead atoms. The Hall–Kier alpha value is -0.0800. The third-order valence-electron chi connectivity index (χ3n) is 2.95. The Morgan fingerprint density at radius 3 is 2.38 bits per heavy atom. The van der Waals surface area contributed by atoms with E-state index in [1.54, 1.807) is 7.11 Å². The molecule has 2 nitrogen and oxygen atoms in total. The Balaban J connectivity index is 2.16. The van der Waals surface area contributed by atoms with Crippen molar-refractivity contribution in [2.45, 2.75) is 32.6 Å². The van der Waals surface area contributed by atoms with Gasteiger partial charge in [0.1, 0.15) is 0 Å². The minimum Gasteiger partial charge on any atom is -0.383 e. The number of nitrogens with zero attached hydrogens (tertiary/aromatic N) is 1. The molecule has 0 N–H and O–H groups in total. The van der Waals surface area contributed by atoms with Gasteiger partial charge in [0.15, 0.2) is 0 Å². The molecular formula is C11H23NO. The van der Waals surface area contributed by atoms with Crippen LogP contribution in [0.25, 0.3) is 0 Å². The monoisotopic (exact) mass is 185 g/mol. The number of rotatable bonds is 3. The molecule has 0 amide bonds. The van der Waals surface area contributed by atoms with E-state index in [9.17, 15) is 0 Å². The largest absolute Gasteiger partial charge is 0.383 e. The Labute approximate surface area is 82.3 Å². The van der Waals surface area contributed by atoms with Crippen LogP contribution in [0.2, 0.25) is 0 Å². The highest BCUT2D eigenvalue weighted by molar-refractivity contribution is 4.65. The Morgan fingerprint density at radius 2 is 1.85 bits per heavy atom. The summed E-state index contributed by atoms with van der Waals surface area (Å²) in [6.45, 7) is 6.92. The van der Waals surface area contributed by atoms with Crippen LogP contribution in [0.1, 0.15) is 32.6 Å². The van der Waals surface area contributed by atoms with Crippen LogP contribution in [0, 0.1) is 5.92 Å². The zero-order valence-corrected chi connectivity index (χ0v) is 9.09. The van der Waals surface area contributed by atoms with Crippen molar-refractivity contribution >= 4 is 0 Å². The molecular weight excluding hydrogens is 162 g/mol. The molecule has 0 aromatic carbocycles. The third-order valence-corrected chi connectivity index (χ3v) is 2.95. The van der Waals surface area contributed by atoms with Gasteiger partial charge in [0, 0.05) is 13.7 Å². The molecule has 0 atom stereocenters. The van der Waals surface area contributed by atoms with Gasteiger partial charge in [0.2, 0.25) is 0 Å². The summed E-state index contributed by atoms with van der Waals surface area (Å²) in [4.78, 5) is 2.54. The van der Waals surface area contributed by atoms with Crippen LogP contribution in [0.4, 0.5) is 0 Å². The van der Waals surface area contributed by atoms with Gasteiger partial charge in [0.25, 0.3) is 0 Å². The van der Waals surface area contributed by atoms with Crippen molar-refractivity contribution < 1.29 is 4.74 Å². The molecule has 0 unspecified atom stereocenters. The van der Waals surface area contributed by atoms with E-state index < -0.39 is 0 Å². The average Bonchev–Trinajstić information content (AvgIpc) is 2.09. The lowest BCUT2D eigenvalue weighted by molar-refractivity contribution is 0.138. The number of ether oxygens (including phenoxy) is 1. The van der Waals surface area contributed by atoms with Crippen molar-refractivity contribution in [1.82, 2.24) is 4.90 Å². The van der Waals surface area contributed by atoms with Crippen LogP contribution in [0.15, 0.2) is 0 Å². The molecule has 1 heterocycles. The smallest absolute Gasteiger partial charge is 0.0589 e. The molecule has 0 saturated carbocycles. The van der Waals surface area contributed by atoms with E-state index in [1.807, 2.05) is 0 Å². The van der Waals surface area contributed by atoms with Crippen molar-refractivity contribution in [3.8, 4) is 0 Å². The molecule has 78 valence electrons. The van der Waals surface area contributed by atoms with Gasteiger partial charge in [-0.05, 0) is 44.7 Å². The quantitative estimate of drug-likeness (QED) is 0.668. The Kier molecular flexibility index (Phi) is 5.40. The van der Waals surface area contributed by atoms with Gasteiger partial charge in [-0.3, -0.25) is 0 Å². The molecule has 0 aromatic heterocycles. The highest BCUT2D eigenvalue weighted by atomic mass is 16.5. The summed E-state index contributed by atoms with van der Waals surface area (Å²) in [7, 11) is 1.78. The highest BCUT2D eigenvalue weighted by Gasteiger charge is 2.10. The summed E-state index contributed by atoms with van der Waals surface area (Å²) >= 11 is 0. The Bertz CT molecular complexity index is 117. The summed E-state index contributed by atoms with van der Waals surface area (Å²) < 4.78 is 5.10. The first kappa shape index (κ1) is 11.0. The van der Waals surface area contributed by atoms with Crippen molar-refractivity contribution in [3.63, 3.8) is 0 Å². The van der Waals surface area contributed by atoms with Crippen molar-refractivity contribution in [2.75, 3.05) is 33.4 Å². The number of hydrogen-bond donors (Lipinski definition) is 0. The standard InChI is InChI=1S/C11H23NO/c1-11-5-3-7-12(8-4-6-11)9-10-13-2/h11H,3-10H2,1-2H3. The second kappa shape index (κ2) is 6.39. The molecule has 1 saturated heterocycles. The summed E-state index contributed by atoms with van der Waals surface area (Å²) in [5.41, 5.74) is 0. The summed E-state index contributed by atoms with van der Waals surface area (Å²) in [5.74, 6) is 0.949. The molecule has 0 radical (unpaired) electrons. The normalized spacial score (nSPS) is 22.6. The molecule has 1 rings (SSSR count). The minimum absolute atomic E-state index is 0.884. The van der Waals surface area contributed by atoms with Gasteiger partial charge in [0.05, 0.1) is 6.61 Å². The van der Waals surface area contributed by atoms with Crippen molar-refractivity contribution in [1.29, 1.82) is 0 Å². The lowest BCUT2D eigenvalue weighted by atomic mass is 9.97. The van der Waals surface area contributed by atoms with Gasteiger partial charge in [-0.25, -0.2) is 0 Å². The van der Waals surface area contributed by atoms with Crippen LogP contribution >= 0.6 is 0 Å². The predicted octanol–water partition coefficient (Wildman–Crippen LogP) is 2.14. The van der Waals surface area contributed by atoms with E-state index in [-0.39, 0.29) is 0 Å². The first-order valence-corrected chi connectivity index (χ1v) is 5.54. The fourth-order valence-electron chi connectivity index (χ4n) is 2.03. The predicted molar refractivity (Wildman–Crippen MR) is 55.9 cm³/mol. The molecule has 1 aliphatic rings. The SMILES string of the molecule is COCCN1CCCC(C)CCC1. The van der Waals surface area contributed by atoms with Crippen LogP contribution in [0.3, 0.4) is 0 Å². The minimum atomic E-state index is 0.884. The number of methoxy groups -OCH3 is 1. The van der Waals surface area contributed by atoms with E-state index in [0.29, 0.717) is 0 Å². The zero-order chi connectivity index (χ0) is 9.52. The molecule has 1 aliphatic heterocycles.